The molecular weight excluding hydrogens is 493 g/mol. The van der Waals surface area contributed by atoms with Crippen molar-refractivity contribution in [1.82, 2.24) is 10.6 Å². The normalized spacial score (nSPS) is 10.9. The fourth-order valence-corrected chi connectivity index (χ4v) is 3.09. The van der Waals surface area contributed by atoms with Crippen LogP contribution in [0.5, 0.6) is 17.2 Å². The van der Waals surface area contributed by atoms with E-state index in [0.717, 1.165) is 34.2 Å². The molecule has 0 aliphatic heterocycles. The number of nitrogens with zero attached hydrogens (tertiary/aromatic N) is 1. The molecule has 0 saturated carbocycles. The Bertz CT molecular complexity index is 1010. The fourth-order valence-electron chi connectivity index (χ4n) is 3.09. The van der Waals surface area contributed by atoms with Crippen molar-refractivity contribution in [2.45, 2.75) is 13.1 Å². The van der Waals surface area contributed by atoms with Gasteiger partial charge in [-0.2, -0.15) is 0 Å². The highest BCUT2D eigenvalue weighted by Crippen LogP contribution is 2.24. The van der Waals surface area contributed by atoms with Gasteiger partial charge in [-0.1, -0.05) is 18.2 Å². The van der Waals surface area contributed by atoms with Crippen LogP contribution in [0.15, 0.2) is 59.6 Å². The van der Waals surface area contributed by atoms with Gasteiger partial charge in [-0.3, -0.25) is 4.99 Å². The van der Waals surface area contributed by atoms with E-state index in [1.54, 1.807) is 28.4 Å². The molecule has 3 rings (SSSR count). The van der Waals surface area contributed by atoms with Crippen molar-refractivity contribution in [3.8, 4) is 17.2 Å². The lowest BCUT2D eigenvalue weighted by atomic mass is 10.1. The predicted molar refractivity (Wildman–Crippen MR) is 132 cm³/mol. The summed E-state index contributed by atoms with van der Waals surface area (Å²) in [6.45, 7) is 1.26. The molecule has 0 radical (unpaired) electrons. The third-order valence-corrected chi connectivity index (χ3v) is 4.74. The number of ether oxygens (including phenoxy) is 3. The van der Waals surface area contributed by atoms with Gasteiger partial charge in [0, 0.05) is 31.8 Å². The summed E-state index contributed by atoms with van der Waals surface area (Å²) in [7, 11) is 6.73. The summed E-state index contributed by atoms with van der Waals surface area (Å²) < 4.78 is 16.0. The van der Waals surface area contributed by atoms with Crippen molar-refractivity contribution < 1.29 is 14.2 Å². The van der Waals surface area contributed by atoms with Gasteiger partial charge in [0.2, 0.25) is 0 Å². The maximum Gasteiger partial charge on any atom is 0.191 e. The zero-order chi connectivity index (χ0) is 20.6. The van der Waals surface area contributed by atoms with Gasteiger partial charge in [0.15, 0.2) is 5.96 Å². The van der Waals surface area contributed by atoms with Crippen LogP contribution in [0.2, 0.25) is 0 Å². The Morgan fingerprint density at radius 2 is 1.40 bits per heavy atom. The first kappa shape index (κ1) is 23.6. The molecule has 0 atom stereocenters. The minimum absolute atomic E-state index is 0. The van der Waals surface area contributed by atoms with E-state index >= 15 is 0 Å². The summed E-state index contributed by atoms with van der Waals surface area (Å²) >= 11 is 0. The smallest absolute Gasteiger partial charge is 0.191 e. The fraction of sp³-hybridized carbons (Fsp3) is 0.261. The Balaban J connectivity index is 0.00000320. The maximum atomic E-state index is 5.45. The van der Waals surface area contributed by atoms with E-state index in [1.807, 2.05) is 30.3 Å². The Kier molecular flexibility index (Phi) is 9.04. The van der Waals surface area contributed by atoms with Crippen molar-refractivity contribution in [3.05, 3.63) is 65.7 Å². The van der Waals surface area contributed by atoms with Gasteiger partial charge in [0.05, 0.1) is 21.3 Å². The lowest BCUT2D eigenvalue weighted by Crippen LogP contribution is -2.36. The largest absolute Gasteiger partial charge is 0.497 e. The molecule has 0 aromatic heterocycles. The summed E-state index contributed by atoms with van der Waals surface area (Å²) in [5.74, 6) is 3.12. The third-order valence-electron chi connectivity index (χ3n) is 4.74. The summed E-state index contributed by atoms with van der Waals surface area (Å²) in [6, 6.07) is 18.2. The summed E-state index contributed by atoms with van der Waals surface area (Å²) in [5, 5.41) is 9.01. The zero-order valence-electron chi connectivity index (χ0n) is 17.7. The van der Waals surface area contributed by atoms with Gasteiger partial charge in [-0.15, -0.1) is 24.0 Å². The molecule has 0 spiro atoms. The van der Waals surface area contributed by atoms with Crippen molar-refractivity contribution in [2.24, 2.45) is 4.99 Å². The van der Waals surface area contributed by atoms with Crippen LogP contribution in [0.4, 0.5) is 0 Å². The van der Waals surface area contributed by atoms with Gasteiger partial charge in [-0.25, -0.2) is 0 Å². The van der Waals surface area contributed by atoms with E-state index in [4.69, 9.17) is 14.2 Å². The molecule has 6 nitrogen and oxygen atoms in total. The molecule has 0 amide bonds. The predicted octanol–water partition coefficient (Wildman–Crippen LogP) is 4.35. The lowest BCUT2D eigenvalue weighted by Gasteiger charge is -2.15. The molecule has 0 aliphatic rings. The summed E-state index contributed by atoms with van der Waals surface area (Å²) in [5.41, 5.74) is 2.20. The third kappa shape index (κ3) is 5.91. The van der Waals surface area contributed by atoms with Gasteiger partial charge in [0.25, 0.3) is 0 Å². The number of aliphatic imine (C=N–C) groups is 1. The molecule has 0 aliphatic carbocycles. The first-order chi connectivity index (χ1) is 14.2. The zero-order valence-corrected chi connectivity index (χ0v) is 20.0. The van der Waals surface area contributed by atoms with Crippen LogP contribution in [-0.2, 0) is 13.1 Å². The van der Waals surface area contributed by atoms with Gasteiger partial charge in [-0.05, 0) is 46.7 Å². The van der Waals surface area contributed by atoms with Gasteiger partial charge >= 0.3 is 0 Å². The molecule has 0 saturated heterocycles. The average Bonchev–Trinajstić information content (AvgIpc) is 2.78. The van der Waals surface area contributed by atoms with E-state index in [9.17, 15) is 0 Å². The standard InChI is InChI=1S/C23H27N3O3.HI/c1-24-23(26-15-19-8-10-21(28-3)13-22(19)29-4)25-14-16-5-6-18-12-20(27-2)9-7-17(18)11-16;/h5-13H,14-15H2,1-4H3,(H2,24,25,26);1H. The van der Waals surface area contributed by atoms with E-state index in [1.165, 1.54) is 10.9 Å². The highest BCUT2D eigenvalue weighted by atomic mass is 127. The molecule has 0 unspecified atom stereocenters. The number of benzene rings is 3. The molecule has 0 bridgehead atoms. The molecule has 0 heterocycles. The van der Waals surface area contributed by atoms with E-state index in [-0.39, 0.29) is 24.0 Å². The van der Waals surface area contributed by atoms with Crippen molar-refractivity contribution in [2.75, 3.05) is 28.4 Å². The Morgan fingerprint density at radius 3 is 2.10 bits per heavy atom. The summed E-state index contributed by atoms with van der Waals surface area (Å²) in [6.07, 6.45) is 0. The molecule has 7 heteroatoms. The molecule has 3 aromatic carbocycles. The summed E-state index contributed by atoms with van der Waals surface area (Å²) in [4.78, 5) is 4.30. The van der Waals surface area contributed by atoms with Crippen molar-refractivity contribution >= 4 is 40.7 Å². The maximum absolute atomic E-state index is 5.45. The molecular formula is C23H28IN3O3. The quantitative estimate of drug-likeness (QED) is 0.275. The minimum atomic E-state index is 0. The average molecular weight is 521 g/mol. The monoisotopic (exact) mass is 521 g/mol. The SMILES string of the molecule is CN=C(NCc1ccc2cc(OC)ccc2c1)NCc1ccc(OC)cc1OC.I. The highest BCUT2D eigenvalue weighted by Gasteiger charge is 2.07. The lowest BCUT2D eigenvalue weighted by molar-refractivity contribution is 0.390. The number of rotatable bonds is 7. The number of hydrogen-bond acceptors (Lipinski definition) is 4. The van der Waals surface area contributed by atoms with E-state index in [2.05, 4.69) is 39.9 Å². The Labute approximate surface area is 194 Å². The van der Waals surface area contributed by atoms with Gasteiger partial charge < -0.3 is 24.8 Å². The van der Waals surface area contributed by atoms with Crippen LogP contribution >= 0.6 is 24.0 Å². The number of methoxy groups -OCH3 is 3. The van der Waals surface area contributed by atoms with E-state index < -0.39 is 0 Å². The minimum Gasteiger partial charge on any atom is -0.497 e. The second kappa shape index (κ2) is 11.5. The number of fused-ring (bicyclic) bond motifs is 1. The van der Waals surface area contributed by atoms with Crippen molar-refractivity contribution in [3.63, 3.8) is 0 Å². The van der Waals surface area contributed by atoms with Crippen LogP contribution in [0.25, 0.3) is 10.8 Å². The Morgan fingerprint density at radius 1 is 0.767 bits per heavy atom. The van der Waals surface area contributed by atoms with Crippen LogP contribution < -0.4 is 24.8 Å². The van der Waals surface area contributed by atoms with E-state index in [0.29, 0.717) is 13.1 Å². The first-order valence-corrected chi connectivity index (χ1v) is 9.39. The highest BCUT2D eigenvalue weighted by molar-refractivity contribution is 14.0. The number of halogens is 1. The molecule has 30 heavy (non-hydrogen) atoms. The van der Waals surface area contributed by atoms with Crippen LogP contribution in [0, 0.1) is 0 Å². The molecule has 0 fully saturated rings. The molecule has 2 N–H and O–H groups in total. The van der Waals surface area contributed by atoms with Crippen LogP contribution in [-0.4, -0.2) is 34.3 Å². The number of hydrogen-bond donors (Lipinski definition) is 2. The molecule has 160 valence electrons. The topological polar surface area (TPSA) is 64.1 Å². The molecule has 3 aromatic rings. The van der Waals surface area contributed by atoms with Gasteiger partial charge in [0.1, 0.15) is 17.2 Å². The van der Waals surface area contributed by atoms with Crippen LogP contribution in [0.1, 0.15) is 11.1 Å². The number of guanidine groups is 1. The second-order valence-corrected chi connectivity index (χ2v) is 6.50. The number of nitrogens with one attached hydrogen (secondary N) is 2. The Hall–Kier alpha value is -2.68. The van der Waals surface area contributed by atoms with Crippen molar-refractivity contribution in [1.29, 1.82) is 0 Å². The van der Waals surface area contributed by atoms with Crippen LogP contribution in [0.3, 0.4) is 0 Å². The second-order valence-electron chi connectivity index (χ2n) is 6.50. The first-order valence-electron chi connectivity index (χ1n) is 9.39.